The van der Waals surface area contributed by atoms with Crippen molar-refractivity contribution >= 4 is 29.1 Å². The SMILES string of the molecule is O=C(NC1CCN(Cc2cccc(C(F)(F)F)c2)CC1)c1cc(Cl)ccc1Cl. The summed E-state index contributed by atoms with van der Waals surface area (Å²) in [6.45, 7) is 1.82. The molecule has 0 aliphatic carbocycles. The third-order valence-corrected chi connectivity index (χ3v) is 5.32. The number of nitrogens with zero attached hydrogens (tertiary/aromatic N) is 1. The van der Waals surface area contributed by atoms with Crippen molar-refractivity contribution in [3.63, 3.8) is 0 Å². The van der Waals surface area contributed by atoms with E-state index in [1.807, 2.05) is 0 Å². The summed E-state index contributed by atoms with van der Waals surface area (Å²) < 4.78 is 38.5. The van der Waals surface area contributed by atoms with E-state index in [9.17, 15) is 18.0 Å². The lowest BCUT2D eigenvalue weighted by atomic mass is 10.0. The molecule has 0 radical (unpaired) electrons. The number of nitrogens with one attached hydrogen (secondary N) is 1. The van der Waals surface area contributed by atoms with Gasteiger partial charge in [0.05, 0.1) is 16.1 Å². The van der Waals surface area contributed by atoms with Crippen molar-refractivity contribution in [3.05, 3.63) is 69.2 Å². The lowest BCUT2D eigenvalue weighted by molar-refractivity contribution is -0.137. The first-order chi connectivity index (χ1) is 13.2. The average Bonchev–Trinajstić information content (AvgIpc) is 2.65. The molecule has 0 aromatic heterocycles. The van der Waals surface area contributed by atoms with Crippen LogP contribution in [0.2, 0.25) is 10.0 Å². The number of rotatable bonds is 4. The van der Waals surface area contributed by atoms with Gasteiger partial charge in [0.1, 0.15) is 0 Å². The summed E-state index contributed by atoms with van der Waals surface area (Å²) >= 11 is 12.0. The van der Waals surface area contributed by atoms with Gasteiger partial charge in [-0.3, -0.25) is 9.69 Å². The van der Waals surface area contributed by atoms with Crippen LogP contribution in [0, 0.1) is 0 Å². The molecule has 3 nitrogen and oxygen atoms in total. The van der Waals surface area contributed by atoms with Crippen LogP contribution in [-0.4, -0.2) is 29.9 Å². The van der Waals surface area contributed by atoms with Crippen molar-refractivity contribution in [2.45, 2.75) is 31.6 Å². The summed E-state index contributed by atoms with van der Waals surface area (Å²) in [6.07, 6.45) is -2.92. The van der Waals surface area contributed by atoms with E-state index in [0.717, 1.165) is 6.07 Å². The number of likely N-dealkylation sites (tertiary alicyclic amines) is 1. The number of carbonyl (C=O) groups is 1. The zero-order chi connectivity index (χ0) is 20.3. The van der Waals surface area contributed by atoms with E-state index in [-0.39, 0.29) is 11.9 Å². The summed E-state index contributed by atoms with van der Waals surface area (Å²) in [5.74, 6) is -0.274. The molecule has 1 amide bonds. The van der Waals surface area contributed by atoms with Crippen molar-refractivity contribution in [1.29, 1.82) is 0 Å². The molecule has 0 bridgehead atoms. The maximum atomic E-state index is 12.8. The lowest BCUT2D eigenvalue weighted by Crippen LogP contribution is -2.44. The minimum absolute atomic E-state index is 0.0136. The molecule has 1 fully saturated rings. The van der Waals surface area contributed by atoms with Crippen molar-refractivity contribution in [1.82, 2.24) is 10.2 Å². The third-order valence-electron chi connectivity index (χ3n) is 4.76. The van der Waals surface area contributed by atoms with Gasteiger partial charge in [0.15, 0.2) is 0 Å². The molecule has 0 atom stereocenters. The van der Waals surface area contributed by atoms with E-state index in [2.05, 4.69) is 10.2 Å². The molecule has 2 aromatic rings. The minimum atomic E-state index is -4.34. The summed E-state index contributed by atoms with van der Waals surface area (Å²) in [5, 5.41) is 3.73. The Hall–Kier alpha value is -1.76. The first-order valence-electron chi connectivity index (χ1n) is 8.87. The predicted octanol–water partition coefficient (Wildman–Crippen LogP) is 5.41. The van der Waals surface area contributed by atoms with Gasteiger partial charge in [-0.1, -0.05) is 41.4 Å². The van der Waals surface area contributed by atoms with Gasteiger partial charge in [0.25, 0.3) is 5.91 Å². The van der Waals surface area contributed by atoms with Crippen LogP contribution in [0.3, 0.4) is 0 Å². The minimum Gasteiger partial charge on any atom is -0.349 e. The molecular weight excluding hydrogens is 412 g/mol. The standard InChI is InChI=1S/C20H19Cl2F3N2O/c21-15-4-5-18(22)17(11-15)19(28)26-16-6-8-27(9-7-16)12-13-2-1-3-14(10-13)20(23,24)25/h1-5,10-11,16H,6-9,12H2,(H,26,28). The number of carbonyl (C=O) groups excluding carboxylic acids is 1. The number of piperidine rings is 1. The molecule has 1 aliphatic heterocycles. The number of halogens is 5. The van der Waals surface area contributed by atoms with E-state index < -0.39 is 11.7 Å². The van der Waals surface area contributed by atoms with Gasteiger partial charge in [0, 0.05) is 30.7 Å². The van der Waals surface area contributed by atoms with Crippen LogP contribution in [0.5, 0.6) is 0 Å². The van der Waals surface area contributed by atoms with E-state index in [0.29, 0.717) is 53.6 Å². The van der Waals surface area contributed by atoms with E-state index in [1.54, 1.807) is 18.2 Å². The number of amides is 1. The fourth-order valence-electron chi connectivity index (χ4n) is 3.27. The molecule has 1 saturated heterocycles. The molecule has 1 aliphatic rings. The monoisotopic (exact) mass is 430 g/mol. The van der Waals surface area contributed by atoms with Gasteiger partial charge in [-0.2, -0.15) is 13.2 Å². The second kappa shape index (κ2) is 8.72. The molecule has 2 aromatic carbocycles. The van der Waals surface area contributed by atoms with Crippen molar-refractivity contribution in [2.24, 2.45) is 0 Å². The topological polar surface area (TPSA) is 32.3 Å². The van der Waals surface area contributed by atoms with Crippen LogP contribution >= 0.6 is 23.2 Å². The Balaban J connectivity index is 1.53. The Morgan fingerprint density at radius 2 is 1.82 bits per heavy atom. The fraction of sp³-hybridized carbons (Fsp3) is 0.350. The van der Waals surface area contributed by atoms with Crippen LogP contribution in [0.25, 0.3) is 0 Å². The normalized spacial score (nSPS) is 16.2. The maximum Gasteiger partial charge on any atom is 0.416 e. The molecule has 0 unspecified atom stereocenters. The highest BCUT2D eigenvalue weighted by Crippen LogP contribution is 2.30. The predicted molar refractivity (Wildman–Crippen MR) is 104 cm³/mol. The van der Waals surface area contributed by atoms with Gasteiger partial charge >= 0.3 is 6.18 Å². The second-order valence-electron chi connectivity index (χ2n) is 6.85. The Bertz CT molecular complexity index is 850. The molecule has 150 valence electrons. The second-order valence-corrected chi connectivity index (χ2v) is 7.69. The average molecular weight is 431 g/mol. The summed E-state index contributed by atoms with van der Waals surface area (Å²) in [7, 11) is 0. The van der Waals surface area contributed by atoms with Crippen LogP contribution in [-0.2, 0) is 12.7 Å². The fourth-order valence-corrected chi connectivity index (χ4v) is 3.65. The quantitative estimate of drug-likeness (QED) is 0.703. The van der Waals surface area contributed by atoms with Crippen molar-refractivity contribution in [3.8, 4) is 0 Å². The molecular formula is C20H19Cl2F3N2O. The molecule has 1 N–H and O–H groups in total. The van der Waals surface area contributed by atoms with Gasteiger partial charge < -0.3 is 5.32 Å². The summed E-state index contributed by atoms with van der Waals surface area (Å²) in [4.78, 5) is 14.5. The lowest BCUT2D eigenvalue weighted by Gasteiger charge is -2.32. The van der Waals surface area contributed by atoms with Gasteiger partial charge in [-0.25, -0.2) is 0 Å². The zero-order valence-electron chi connectivity index (χ0n) is 14.9. The highest BCUT2D eigenvalue weighted by atomic mass is 35.5. The van der Waals surface area contributed by atoms with Crippen molar-refractivity contribution < 1.29 is 18.0 Å². The zero-order valence-corrected chi connectivity index (χ0v) is 16.4. The smallest absolute Gasteiger partial charge is 0.349 e. The van der Waals surface area contributed by atoms with Crippen LogP contribution in [0.1, 0.15) is 34.3 Å². The molecule has 8 heteroatoms. The van der Waals surface area contributed by atoms with Gasteiger partial charge in [0.2, 0.25) is 0 Å². The first kappa shape index (κ1) is 21.0. The molecule has 28 heavy (non-hydrogen) atoms. The Kier molecular flexibility index (Phi) is 6.53. The van der Waals surface area contributed by atoms with Crippen molar-refractivity contribution in [2.75, 3.05) is 13.1 Å². The summed E-state index contributed by atoms with van der Waals surface area (Å²) in [6, 6.07) is 10.1. The highest BCUT2D eigenvalue weighted by molar-refractivity contribution is 6.35. The van der Waals surface area contributed by atoms with Gasteiger partial charge in [-0.05, 0) is 42.7 Å². The molecule has 0 saturated carbocycles. The largest absolute Gasteiger partial charge is 0.416 e. The molecule has 3 rings (SSSR count). The number of alkyl halides is 3. The van der Waals surface area contributed by atoms with E-state index in [1.165, 1.54) is 18.2 Å². The van der Waals surface area contributed by atoms with Crippen LogP contribution in [0.4, 0.5) is 13.2 Å². The summed E-state index contributed by atoms with van der Waals surface area (Å²) in [5.41, 5.74) is 0.328. The Morgan fingerprint density at radius 1 is 1.11 bits per heavy atom. The maximum absolute atomic E-state index is 12.8. The Labute approximate surface area is 171 Å². The van der Waals surface area contributed by atoms with Gasteiger partial charge in [-0.15, -0.1) is 0 Å². The number of hydrogen-bond donors (Lipinski definition) is 1. The van der Waals surface area contributed by atoms with E-state index in [4.69, 9.17) is 23.2 Å². The Morgan fingerprint density at radius 3 is 2.50 bits per heavy atom. The number of benzene rings is 2. The van der Waals surface area contributed by atoms with Crippen LogP contribution < -0.4 is 5.32 Å². The third kappa shape index (κ3) is 5.40. The van der Waals surface area contributed by atoms with Crippen LogP contribution in [0.15, 0.2) is 42.5 Å². The first-order valence-corrected chi connectivity index (χ1v) is 9.62. The highest BCUT2D eigenvalue weighted by Gasteiger charge is 2.30. The molecule has 1 heterocycles. The number of hydrogen-bond acceptors (Lipinski definition) is 2. The molecule has 0 spiro atoms. The van der Waals surface area contributed by atoms with E-state index >= 15 is 0 Å².